The number of pyridine rings is 1. The monoisotopic (exact) mass is 375 g/mol. The van der Waals surface area contributed by atoms with Gasteiger partial charge < -0.3 is 8.94 Å². The first kappa shape index (κ1) is 18.1. The standard InChI is InChI=1S/C21H21N5O2/c1-14-6-8-16(9-7-14)21-23-18(15(2)27-21)12-26(3)13-19-24-20(25-28-19)17-5-4-10-22-11-17/h4-11H,12-13H2,1-3H3. The van der Waals surface area contributed by atoms with E-state index in [2.05, 4.69) is 44.1 Å². The average Bonchev–Trinajstić information content (AvgIpc) is 3.30. The molecule has 0 aliphatic rings. The van der Waals surface area contributed by atoms with Crippen molar-refractivity contribution in [1.82, 2.24) is 25.0 Å². The van der Waals surface area contributed by atoms with E-state index in [0.717, 1.165) is 22.6 Å². The Labute approximate surface area is 163 Å². The number of aromatic nitrogens is 4. The largest absolute Gasteiger partial charge is 0.441 e. The summed E-state index contributed by atoms with van der Waals surface area (Å²) in [5, 5.41) is 4.03. The molecule has 0 unspecified atom stereocenters. The summed E-state index contributed by atoms with van der Waals surface area (Å²) in [6.45, 7) is 5.12. The summed E-state index contributed by atoms with van der Waals surface area (Å²) in [4.78, 5) is 15.2. The quantitative estimate of drug-likeness (QED) is 0.503. The Bertz CT molecular complexity index is 1050. The van der Waals surface area contributed by atoms with Gasteiger partial charge in [-0.1, -0.05) is 22.9 Å². The molecule has 0 atom stereocenters. The molecule has 0 amide bonds. The van der Waals surface area contributed by atoms with E-state index in [1.807, 2.05) is 38.2 Å². The molecule has 3 heterocycles. The van der Waals surface area contributed by atoms with Crippen LogP contribution >= 0.6 is 0 Å². The molecule has 7 nitrogen and oxygen atoms in total. The number of rotatable bonds is 6. The van der Waals surface area contributed by atoms with E-state index in [4.69, 9.17) is 8.94 Å². The molecule has 142 valence electrons. The first-order chi connectivity index (χ1) is 13.6. The van der Waals surface area contributed by atoms with Crippen molar-refractivity contribution in [2.24, 2.45) is 0 Å². The van der Waals surface area contributed by atoms with Crippen LogP contribution in [0.25, 0.3) is 22.8 Å². The minimum Gasteiger partial charge on any atom is -0.441 e. The van der Waals surface area contributed by atoms with Gasteiger partial charge in [-0.05, 0) is 45.2 Å². The average molecular weight is 375 g/mol. The van der Waals surface area contributed by atoms with Crippen LogP contribution in [-0.2, 0) is 13.1 Å². The van der Waals surface area contributed by atoms with Crippen LogP contribution in [0, 0.1) is 13.8 Å². The van der Waals surface area contributed by atoms with Crippen molar-refractivity contribution in [2.75, 3.05) is 7.05 Å². The molecule has 28 heavy (non-hydrogen) atoms. The van der Waals surface area contributed by atoms with Crippen LogP contribution in [0.5, 0.6) is 0 Å². The molecule has 0 spiro atoms. The molecule has 0 N–H and O–H groups in total. The van der Waals surface area contributed by atoms with Gasteiger partial charge in [-0.3, -0.25) is 9.88 Å². The van der Waals surface area contributed by atoms with E-state index in [0.29, 0.717) is 30.7 Å². The fraction of sp³-hybridized carbons (Fsp3) is 0.238. The predicted molar refractivity (Wildman–Crippen MR) is 104 cm³/mol. The zero-order chi connectivity index (χ0) is 19.5. The number of oxazole rings is 1. The highest BCUT2D eigenvalue weighted by atomic mass is 16.5. The molecule has 1 aromatic carbocycles. The number of hydrogen-bond donors (Lipinski definition) is 0. The second-order valence-corrected chi connectivity index (χ2v) is 6.81. The Morgan fingerprint density at radius 1 is 0.964 bits per heavy atom. The van der Waals surface area contributed by atoms with Crippen molar-refractivity contribution in [1.29, 1.82) is 0 Å². The van der Waals surface area contributed by atoms with Crippen molar-refractivity contribution in [3.05, 3.63) is 71.7 Å². The maximum absolute atomic E-state index is 5.86. The molecule has 7 heteroatoms. The van der Waals surface area contributed by atoms with Crippen molar-refractivity contribution in [3.8, 4) is 22.8 Å². The van der Waals surface area contributed by atoms with Gasteiger partial charge in [0.15, 0.2) is 0 Å². The maximum atomic E-state index is 5.86. The van der Waals surface area contributed by atoms with Crippen molar-refractivity contribution >= 4 is 0 Å². The molecule has 0 bridgehead atoms. The van der Waals surface area contributed by atoms with Gasteiger partial charge in [0, 0.05) is 30.1 Å². The second kappa shape index (κ2) is 7.74. The van der Waals surface area contributed by atoms with Crippen LogP contribution in [0.1, 0.15) is 22.9 Å². The highest BCUT2D eigenvalue weighted by molar-refractivity contribution is 5.54. The van der Waals surface area contributed by atoms with Gasteiger partial charge >= 0.3 is 0 Å². The summed E-state index contributed by atoms with van der Waals surface area (Å²) in [5.74, 6) is 2.53. The molecule has 0 aliphatic heterocycles. The van der Waals surface area contributed by atoms with E-state index in [1.54, 1.807) is 12.4 Å². The third-order valence-electron chi connectivity index (χ3n) is 4.40. The Kier molecular flexibility index (Phi) is 4.99. The molecule has 4 rings (SSSR count). The Balaban J connectivity index is 1.43. The van der Waals surface area contributed by atoms with Gasteiger partial charge in [0.2, 0.25) is 17.6 Å². The Hall–Kier alpha value is -3.32. The minimum atomic E-state index is 0.513. The molecular formula is C21H21N5O2. The van der Waals surface area contributed by atoms with Gasteiger partial charge in [0.25, 0.3) is 0 Å². The molecule has 0 fully saturated rings. The summed E-state index contributed by atoms with van der Waals surface area (Å²) in [6, 6.07) is 11.9. The molecule has 0 saturated carbocycles. The smallest absolute Gasteiger partial charge is 0.241 e. The summed E-state index contributed by atoms with van der Waals surface area (Å²) in [5.41, 5.74) is 3.90. The van der Waals surface area contributed by atoms with E-state index in [9.17, 15) is 0 Å². The maximum Gasteiger partial charge on any atom is 0.241 e. The predicted octanol–water partition coefficient (Wildman–Crippen LogP) is 4.04. The third kappa shape index (κ3) is 3.99. The van der Waals surface area contributed by atoms with Crippen LogP contribution in [-0.4, -0.2) is 32.1 Å². The zero-order valence-corrected chi connectivity index (χ0v) is 16.1. The fourth-order valence-corrected chi connectivity index (χ4v) is 2.87. The Morgan fingerprint density at radius 3 is 2.54 bits per heavy atom. The highest BCUT2D eigenvalue weighted by Crippen LogP contribution is 2.23. The zero-order valence-electron chi connectivity index (χ0n) is 16.1. The van der Waals surface area contributed by atoms with Gasteiger partial charge in [-0.15, -0.1) is 0 Å². The van der Waals surface area contributed by atoms with E-state index in [1.165, 1.54) is 5.56 Å². The van der Waals surface area contributed by atoms with Crippen LogP contribution in [0.15, 0.2) is 57.7 Å². The molecule has 0 saturated heterocycles. The van der Waals surface area contributed by atoms with Crippen molar-refractivity contribution in [2.45, 2.75) is 26.9 Å². The lowest BCUT2D eigenvalue weighted by Gasteiger charge is -2.12. The molecule has 3 aromatic heterocycles. The van der Waals surface area contributed by atoms with Gasteiger partial charge in [-0.2, -0.15) is 4.98 Å². The van der Waals surface area contributed by atoms with Gasteiger partial charge in [0.1, 0.15) is 5.76 Å². The Morgan fingerprint density at radius 2 is 1.79 bits per heavy atom. The molecular weight excluding hydrogens is 354 g/mol. The lowest BCUT2D eigenvalue weighted by Crippen LogP contribution is -2.18. The van der Waals surface area contributed by atoms with Crippen LogP contribution in [0.3, 0.4) is 0 Å². The SMILES string of the molecule is Cc1ccc(-c2nc(CN(C)Cc3nc(-c4cccnc4)no3)c(C)o2)cc1. The molecule has 0 radical (unpaired) electrons. The number of nitrogens with zero attached hydrogens (tertiary/aromatic N) is 5. The highest BCUT2D eigenvalue weighted by Gasteiger charge is 2.16. The van der Waals surface area contributed by atoms with Crippen molar-refractivity contribution < 1.29 is 8.94 Å². The summed E-state index contributed by atoms with van der Waals surface area (Å²) in [6.07, 6.45) is 3.42. The minimum absolute atomic E-state index is 0.513. The lowest BCUT2D eigenvalue weighted by atomic mass is 10.1. The summed E-state index contributed by atoms with van der Waals surface area (Å²) >= 11 is 0. The lowest BCUT2D eigenvalue weighted by molar-refractivity contribution is 0.258. The summed E-state index contributed by atoms with van der Waals surface area (Å²) in [7, 11) is 1.98. The molecule has 0 aliphatic carbocycles. The van der Waals surface area contributed by atoms with E-state index >= 15 is 0 Å². The first-order valence-corrected chi connectivity index (χ1v) is 9.03. The van der Waals surface area contributed by atoms with Gasteiger partial charge in [0.05, 0.1) is 12.2 Å². The topological polar surface area (TPSA) is 81.1 Å². The second-order valence-electron chi connectivity index (χ2n) is 6.81. The molecule has 4 aromatic rings. The van der Waals surface area contributed by atoms with Crippen molar-refractivity contribution in [3.63, 3.8) is 0 Å². The third-order valence-corrected chi connectivity index (χ3v) is 4.40. The fourth-order valence-electron chi connectivity index (χ4n) is 2.87. The number of hydrogen-bond acceptors (Lipinski definition) is 7. The van der Waals surface area contributed by atoms with Crippen LogP contribution in [0.2, 0.25) is 0 Å². The van der Waals surface area contributed by atoms with Crippen LogP contribution < -0.4 is 0 Å². The summed E-state index contributed by atoms with van der Waals surface area (Å²) < 4.78 is 11.2. The normalized spacial score (nSPS) is 11.3. The van der Waals surface area contributed by atoms with E-state index < -0.39 is 0 Å². The number of benzene rings is 1. The van der Waals surface area contributed by atoms with E-state index in [-0.39, 0.29) is 0 Å². The number of aryl methyl sites for hydroxylation is 2. The van der Waals surface area contributed by atoms with Crippen LogP contribution in [0.4, 0.5) is 0 Å². The first-order valence-electron chi connectivity index (χ1n) is 9.03. The van der Waals surface area contributed by atoms with Gasteiger partial charge in [-0.25, -0.2) is 4.98 Å².